The summed E-state index contributed by atoms with van der Waals surface area (Å²) in [5.74, 6) is -0.0597. The fourth-order valence-electron chi connectivity index (χ4n) is 1.37. The number of carbonyl (C=O) groups is 1. The molecule has 0 aliphatic carbocycles. The van der Waals surface area contributed by atoms with Gasteiger partial charge in [0.15, 0.2) is 0 Å². The summed E-state index contributed by atoms with van der Waals surface area (Å²) in [4.78, 5) is 13.8. The molecule has 1 aromatic carbocycles. The normalized spacial score (nSPS) is 12.1. The molecule has 0 spiro atoms. The molecular weight excluding hydrogens is 236 g/mol. The molecule has 1 rings (SSSR count). The van der Waals surface area contributed by atoms with E-state index in [-0.39, 0.29) is 11.4 Å². The molecule has 104 valence electrons. The molecule has 1 N–H and O–H groups in total. The Morgan fingerprint density at radius 2 is 1.84 bits per heavy atom. The summed E-state index contributed by atoms with van der Waals surface area (Å²) in [7, 11) is 4.02. The summed E-state index contributed by atoms with van der Waals surface area (Å²) in [6.45, 7) is 6.86. The number of nitrogens with one attached hydrogen (secondary N) is 1. The minimum Gasteiger partial charge on any atom is -0.351 e. The molecule has 0 atom stereocenters. The fourth-order valence-corrected chi connectivity index (χ4v) is 1.37. The van der Waals surface area contributed by atoms with Crippen molar-refractivity contribution in [1.29, 1.82) is 0 Å². The Balaban J connectivity index is 2.50. The van der Waals surface area contributed by atoms with Gasteiger partial charge in [0.25, 0.3) is 0 Å². The lowest BCUT2D eigenvalue weighted by Gasteiger charge is -2.32. The van der Waals surface area contributed by atoms with Crippen molar-refractivity contribution in [3.05, 3.63) is 41.5 Å². The molecule has 1 amide bonds. The van der Waals surface area contributed by atoms with Crippen molar-refractivity contribution < 1.29 is 4.79 Å². The number of aryl methyl sites for hydroxylation is 1. The third-order valence-electron chi connectivity index (χ3n) is 3.41. The number of benzene rings is 1. The van der Waals surface area contributed by atoms with Gasteiger partial charge in [0.1, 0.15) is 0 Å². The van der Waals surface area contributed by atoms with Gasteiger partial charge in [-0.15, -0.1) is 0 Å². The summed E-state index contributed by atoms with van der Waals surface area (Å²) in [5.41, 5.74) is 2.20. The van der Waals surface area contributed by atoms with Crippen LogP contribution in [0.1, 0.15) is 25.0 Å². The van der Waals surface area contributed by atoms with Crippen molar-refractivity contribution >= 4 is 12.0 Å². The minimum absolute atomic E-state index is 0.0483. The van der Waals surface area contributed by atoms with Crippen LogP contribution in [0.4, 0.5) is 0 Å². The molecule has 0 heterocycles. The average Bonchev–Trinajstić information content (AvgIpc) is 2.35. The summed E-state index contributed by atoms with van der Waals surface area (Å²) in [6.07, 6.45) is 3.41. The van der Waals surface area contributed by atoms with Crippen LogP contribution in [-0.2, 0) is 4.79 Å². The maximum atomic E-state index is 11.7. The van der Waals surface area contributed by atoms with Gasteiger partial charge in [-0.2, -0.15) is 0 Å². The van der Waals surface area contributed by atoms with Crippen LogP contribution in [0.5, 0.6) is 0 Å². The average molecular weight is 260 g/mol. The third-order valence-corrected chi connectivity index (χ3v) is 3.41. The number of hydrogen-bond donors (Lipinski definition) is 1. The first kappa shape index (κ1) is 15.4. The SMILES string of the molecule is Cc1ccc(C=CC(=O)NCC(C)(C)N(C)C)cc1. The van der Waals surface area contributed by atoms with Crippen LogP contribution >= 0.6 is 0 Å². The number of amides is 1. The van der Waals surface area contributed by atoms with Crippen molar-refractivity contribution in [2.45, 2.75) is 26.3 Å². The van der Waals surface area contributed by atoms with E-state index in [4.69, 9.17) is 0 Å². The van der Waals surface area contributed by atoms with Crippen LogP contribution in [0, 0.1) is 6.92 Å². The second-order valence-electron chi connectivity index (χ2n) is 5.67. The van der Waals surface area contributed by atoms with Crippen molar-refractivity contribution in [1.82, 2.24) is 10.2 Å². The molecular formula is C16H24N2O. The molecule has 0 aliphatic heterocycles. The Hall–Kier alpha value is -1.61. The van der Waals surface area contributed by atoms with E-state index in [0.29, 0.717) is 6.54 Å². The number of carbonyl (C=O) groups excluding carboxylic acids is 1. The van der Waals surface area contributed by atoms with Gasteiger partial charge in [0.2, 0.25) is 5.91 Å². The highest BCUT2D eigenvalue weighted by molar-refractivity contribution is 5.91. The van der Waals surface area contributed by atoms with Gasteiger partial charge in [-0.3, -0.25) is 4.79 Å². The van der Waals surface area contributed by atoms with E-state index in [9.17, 15) is 4.79 Å². The lowest BCUT2D eigenvalue weighted by molar-refractivity contribution is -0.116. The predicted molar refractivity (Wildman–Crippen MR) is 81.0 cm³/mol. The zero-order valence-corrected chi connectivity index (χ0v) is 12.5. The molecule has 0 bridgehead atoms. The molecule has 0 radical (unpaired) electrons. The van der Waals surface area contributed by atoms with Crippen LogP contribution in [0.25, 0.3) is 6.08 Å². The summed E-state index contributed by atoms with van der Waals surface area (Å²) < 4.78 is 0. The van der Waals surface area contributed by atoms with Gasteiger partial charge in [-0.25, -0.2) is 0 Å². The molecule has 1 aromatic rings. The summed E-state index contributed by atoms with van der Waals surface area (Å²) >= 11 is 0. The largest absolute Gasteiger partial charge is 0.351 e. The first-order chi connectivity index (χ1) is 8.81. The van der Waals surface area contributed by atoms with E-state index < -0.39 is 0 Å². The lowest BCUT2D eigenvalue weighted by Crippen LogP contribution is -2.47. The Bertz CT molecular complexity index is 444. The Morgan fingerprint density at radius 1 is 1.26 bits per heavy atom. The van der Waals surface area contributed by atoms with Gasteiger partial charge in [-0.05, 0) is 46.5 Å². The van der Waals surface area contributed by atoms with E-state index in [1.54, 1.807) is 6.08 Å². The number of nitrogens with zero attached hydrogens (tertiary/aromatic N) is 1. The first-order valence-corrected chi connectivity index (χ1v) is 6.51. The summed E-state index contributed by atoms with van der Waals surface area (Å²) in [6, 6.07) is 8.07. The van der Waals surface area contributed by atoms with E-state index in [1.165, 1.54) is 5.56 Å². The van der Waals surface area contributed by atoms with E-state index in [0.717, 1.165) is 5.56 Å². The third kappa shape index (κ3) is 5.26. The lowest BCUT2D eigenvalue weighted by atomic mass is 10.0. The molecule has 0 saturated carbocycles. The molecule has 0 fully saturated rings. The maximum Gasteiger partial charge on any atom is 0.244 e. The molecule has 3 heteroatoms. The van der Waals surface area contributed by atoms with Gasteiger partial charge in [0, 0.05) is 18.2 Å². The zero-order chi connectivity index (χ0) is 14.5. The highest BCUT2D eigenvalue weighted by atomic mass is 16.1. The van der Waals surface area contributed by atoms with Gasteiger partial charge in [0.05, 0.1) is 0 Å². The summed E-state index contributed by atoms with van der Waals surface area (Å²) in [5, 5.41) is 2.92. The standard InChI is InChI=1S/C16H24N2O/c1-13-6-8-14(9-7-13)10-11-15(19)17-12-16(2,3)18(4)5/h6-11H,12H2,1-5H3,(H,17,19). The molecule has 0 saturated heterocycles. The molecule has 3 nitrogen and oxygen atoms in total. The van der Waals surface area contributed by atoms with Crippen LogP contribution < -0.4 is 5.32 Å². The maximum absolute atomic E-state index is 11.7. The number of hydrogen-bond acceptors (Lipinski definition) is 2. The topological polar surface area (TPSA) is 32.3 Å². The minimum atomic E-state index is -0.0597. The van der Waals surface area contributed by atoms with Crippen LogP contribution in [0.15, 0.2) is 30.3 Å². The zero-order valence-electron chi connectivity index (χ0n) is 12.5. The van der Waals surface area contributed by atoms with Crippen molar-refractivity contribution in [2.24, 2.45) is 0 Å². The quantitative estimate of drug-likeness (QED) is 0.825. The van der Waals surface area contributed by atoms with Crippen LogP contribution in [-0.4, -0.2) is 37.0 Å². The highest BCUT2D eigenvalue weighted by Crippen LogP contribution is 2.08. The Kier molecular flexibility index (Phi) is 5.31. The molecule has 19 heavy (non-hydrogen) atoms. The molecule has 0 unspecified atom stereocenters. The van der Waals surface area contributed by atoms with Gasteiger partial charge < -0.3 is 10.2 Å². The van der Waals surface area contributed by atoms with Gasteiger partial charge in [-0.1, -0.05) is 29.8 Å². The van der Waals surface area contributed by atoms with Gasteiger partial charge >= 0.3 is 0 Å². The second-order valence-corrected chi connectivity index (χ2v) is 5.67. The van der Waals surface area contributed by atoms with E-state index >= 15 is 0 Å². The molecule has 0 aromatic heterocycles. The van der Waals surface area contributed by atoms with E-state index in [2.05, 4.69) is 24.1 Å². The first-order valence-electron chi connectivity index (χ1n) is 6.51. The predicted octanol–water partition coefficient (Wildman–Crippen LogP) is 2.46. The van der Waals surface area contributed by atoms with Crippen molar-refractivity contribution in [3.63, 3.8) is 0 Å². The van der Waals surface area contributed by atoms with Crippen molar-refractivity contribution in [3.8, 4) is 0 Å². The number of likely N-dealkylation sites (N-methyl/N-ethyl adjacent to an activating group) is 1. The smallest absolute Gasteiger partial charge is 0.244 e. The van der Waals surface area contributed by atoms with Crippen LogP contribution in [0.3, 0.4) is 0 Å². The van der Waals surface area contributed by atoms with Crippen molar-refractivity contribution in [2.75, 3.05) is 20.6 Å². The Labute approximate surface area is 116 Å². The highest BCUT2D eigenvalue weighted by Gasteiger charge is 2.20. The molecule has 0 aliphatic rings. The Morgan fingerprint density at radius 3 is 2.37 bits per heavy atom. The number of rotatable bonds is 5. The van der Waals surface area contributed by atoms with Crippen LogP contribution in [0.2, 0.25) is 0 Å². The monoisotopic (exact) mass is 260 g/mol. The second kappa shape index (κ2) is 6.53. The van der Waals surface area contributed by atoms with E-state index in [1.807, 2.05) is 51.4 Å². The fraction of sp³-hybridized carbons (Fsp3) is 0.438.